The van der Waals surface area contributed by atoms with Crippen LogP contribution in [0.3, 0.4) is 0 Å². The van der Waals surface area contributed by atoms with Gasteiger partial charge in [-0.05, 0) is 19.3 Å². The van der Waals surface area contributed by atoms with Gasteiger partial charge in [-0.25, -0.2) is 0 Å². The summed E-state index contributed by atoms with van der Waals surface area (Å²) in [6.45, 7) is 2.27. The number of ketones is 1. The molecule has 1 atom stereocenters. The molecule has 1 fully saturated rings. The molecular formula is C28H46O2. The van der Waals surface area contributed by atoms with Gasteiger partial charge < -0.3 is 5.11 Å². The van der Waals surface area contributed by atoms with Gasteiger partial charge in [0.25, 0.3) is 0 Å². The van der Waals surface area contributed by atoms with E-state index in [0.717, 1.165) is 44.1 Å². The second kappa shape index (κ2) is 14.8. The molecule has 0 radical (unpaired) electrons. The van der Waals surface area contributed by atoms with E-state index in [2.05, 4.69) is 6.92 Å². The van der Waals surface area contributed by atoms with Crippen LogP contribution in [0.1, 0.15) is 133 Å². The van der Waals surface area contributed by atoms with Crippen molar-refractivity contribution in [3.63, 3.8) is 0 Å². The molecule has 1 aromatic carbocycles. The molecule has 0 bridgehead atoms. The molecule has 0 amide bonds. The number of unbranched alkanes of at least 4 members (excludes halogenated alkanes) is 11. The first-order valence-corrected chi connectivity index (χ1v) is 13.0. The Morgan fingerprint density at radius 2 is 1.30 bits per heavy atom. The van der Waals surface area contributed by atoms with E-state index in [4.69, 9.17) is 0 Å². The summed E-state index contributed by atoms with van der Waals surface area (Å²) in [5.41, 5.74) is -0.0244. The molecule has 1 saturated carbocycles. The van der Waals surface area contributed by atoms with Crippen molar-refractivity contribution in [2.75, 3.05) is 0 Å². The van der Waals surface area contributed by atoms with Crippen molar-refractivity contribution in [3.05, 3.63) is 35.9 Å². The third kappa shape index (κ3) is 8.92. The molecule has 1 unspecified atom stereocenters. The molecule has 170 valence electrons. The van der Waals surface area contributed by atoms with E-state index in [0.29, 0.717) is 0 Å². The van der Waals surface area contributed by atoms with Gasteiger partial charge in [0, 0.05) is 5.56 Å². The topological polar surface area (TPSA) is 37.3 Å². The maximum absolute atomic E-state index is 13.2. The van der Waals surface area contributed by atoms with Crippen molar-refractivity contribution in [1.82, 2.24) is 0 Å². The van der Waals surface area contributed by atoms with Crippen molar-refractivity contribution in [3.8, 4) is 0 Å². The van der Waals surface area contributed by atoms with Gasteiger partial charge in [-0.3, -0.25) is 4.79 Å². The predicted octanol–water partition coefficient (Wildman–Crippen LogP) is 8.27. The standard InChI is InChI=1S/C28H46O2/c1-2-3-4-5-6-7-8-9-10-11-12-17-22-26(28(30)23-18-14-19-24-28)27(29)25-20-15-13-16-21-25/h13,15-16,20-21,26,30H,2-12,14,17-19,22-24H2,1H3. The highest BCUT2D eigenvalue weighted by atomic mass is 16.3. The monoisotopic (exact) mass is 414 g/mol. The smallest absolute Gasteiger partial charge is 0.168 e. The molecular weight excluding hydrogens is 368 g/mol. The minimum Gasteiger partial charge on any atom is -0.389 e. The van der Waals surface area contributed by atoms with E-state index in [1.54, 1.807) is 0 Å². The van der Waals surface area contributed by atoms with Crippen LogP contribution < -0.4 is 0 Å². The lowest BCUT2D eigenvalue weighted by atomic mass is 9.71. The Kier molecular flexibility index (Phi) is 12.4. The average molecular weight is 415 g/mol. The van der Waals surface area contributed by atoms with Gasteiger partial charge in [0.15, 0.2) is 5.78 Å². The number of hydrogen-bond donors (Lipinski definition) is 1. The lowest BCUT2D eigenvalue weighted by Gasteiger charge is -2.38. The number of hydrogen-bond acceptors (Lipinski definition) is 2. The molecule has 1 aliphatic rings. The van der Waals surface area contributed by atoms with Crippen LogP contribution in [0.4, 0.5) is 0 Å². The fourth-order valence-corrected chi connectivity index (χ4v) is 5.15. The quantitative estimate of drug-likeness (QED) is 0.218. The lowest BCUT2D eigenvalue weighted by molar-refractivity contribution is -0.0417. The largest absolute Gasteiger partial charge is 0.389 e. The van der Waals surface area contributed by atoms with E-state index >= 15 is 0 Å². The molecule has 2 nitrogen and oxygen atoms in total. The minimum absolute atomic E-state index is 0.156. The van der Waals surface area contributed by atoms with Crippen molar-refractivity contribution < 1.29 is 9.90 Å². The number of rotatable bonds is 16. The zero-order valence-corrected chi connectivity index (χ0v) is 19.5. The molecule has 0 saturated heterocycles. The summed E-state index contributed by atoms with van der Waals surface area (Å²) in [5.74, 6) is -0.0774. The lowest BCUT2D eigenvalue weighted by Crippen LogP contribution is -2.44. The van der Waals surface area contributed by atoms with Crippen LogP contribution in [0.2, 0.25) is 0 Å². The van der Waals surface area contributed by atoms with E-state index in [1.807, 2.05) is 30.3 Å². The molecule has 30 heavy (non-hydrogen) atoms. The predicted molar refractivity (Wildman–Crippen MR) is 128 cm³/mol. The maximum Gasteiger partial charge on any atom is 0.168 e. The SMILES string of the molecule is CCCCCCCCCCCCCCC(C(=O)c1ccccc1)C1(O)CCCCC1. The summed E-state index contributed by atoms with van der Waals surface area (Å²) in [5, 5.41) is 11.3. The second-order valence-corrected chi connectivity index (χ2v) is 9.62. The Hall–Kier alpha value is -1.15. The van der Waals surface area contributed by atoms with Crippen LogP contribution in [0, 0.1) is 5.92 Å². The Morgan fingerprint density at radius 1 is 0.800 bits per heavy atom. The highest BCUT2D eigenvalue weighted by molar-refractivity contribution is 5.98. The summed E-state index contributed by atoms with van der Waals surface area (Å²) in [6, 6.07) is 9.62. The molecule has 1 aromatic rings. The summed E-state index contributed by atoms with van der Waals surface area (Å²) in [7, 11) is 0. The van der Waals surface area contributed by atoms with Crippen LogP contribution >= 0.6 is 0 Å². The third-order valence-corrected chi connectivity index (χ3v) is 7.09. The summed E-state index contributed by atoms with van der Waals surface area (Å²) < 4.78 is 0. The van der Waals surface area contributed by atoms with Crippen molar-refractivity contribution in [2.24, 2.45) is 5.92 Å². The highest BCUT2D eigenvalue weighted by Crippen LogP contribution is 2.38. The molecule has 1 aliphatic carbocycles. The first kappa shape index (κ1) is 25.1. The molecule has 0 aliphatic heterocycles. The van der Waals surface area contributed by atoms with Gasteiger partial charge in [0.1, 0.15) is 0 Å². The van der Waals surface area contributed by atoms with Gasteiger partial charge >= 0.3 is 0 Å². The Labute approximate surface area is 185 Å². The van der Waals surface area contributed by atoms with E-state index in [9.17, 15) is 9.90 Å². The van der Waals surface area contributed by atoms with Crippen LogP contribution in [-0.2, 0) is 0 Å². The fraction of sp³-hybridized carbons (Fsp3) is 0.750. The molecule has 2 rings (SSSR count). The first-order valence-electron chi connectivity index (χ1n) is 13.0. The Morgan fingerprint density at radius 3 is 1.83 bits per heavy atom. The molecule has 1 N–H and O–H groups in total. The van der Waals surface area contributed by atoms with Crippen molar-refractivity contribution in [2.45, 2.75) is 128 Å². The van der Waals surface area contributed by atoms with Gasteiger partial charge in [0.2, 0.25) is 0 Å². The Bertz CT molecular complexity index is 559. The number of aliphatic hydroxyl groups is 1. The van der Waals surface area contributed by atoms with Crippen LogP contribution in [-0.4, -0.2) is 16.5 Å². The molecule has 0 heterocycles. The zero-order chi connectivity index (χ0) is 21.5. The van der Waals surface area contributed by atoms with Gasteiger partial charge in [0.05, 0.1) is 11.5 Å². The first-order chi connectivity index (χ1) is 14.7. The summed E-state index contributed by atoms with van der Waals surface area (Å²) in [6.07, 6.45) is 21.6. The second-order valence-electron chi connectivity index (χ2n) is 9.62. The van der Waals surface area contributed by atoms with Gasteiger partial charge in [-0.1, -0.05) is 134 Å². The Balaban J connectivity index is 1.69. The third-order valence-electron chi connectivity index (χ3n) is 7.09. The molecule has 0 aromatic heterocycles. The summed E-state index contributed by atoms with van der Waals surface area (Å²) in [4.78, 5) is 13.2. The normalized spacial score (nSPS) is 17.0. The number of carbonyl (C=O) groups excluding carboxylic acids is 1. The van der Waals surface area contributed by atoms with E-state index < -0.39 is 5.60 Å². The average Bonchev–Trinajstić information content (AvgIpc) is 2.77. The fourth-order valence-electron chi connectivity index (χ4n) is 5.15. The maximum atomic E-state index is 13.2. The van der Waals surface area contributed by atoms with Crippen LogP contribution in [0.5, 0.6) is 0 Å². The van der Waals surface area contributed by atoms with Crippen molar-refractivity contribution in [1.29, 1.82) is 0 Å². The van der Waals surface area contributed by atoms with E-state index in [1.165, 1.54) is 77.0 Å². The van der Waals surface area contributed by atoms with Crippen molar-refractivity contribution >= 4 is 5.78 Å². The number of carbonyl (C=O) groups is 1. The van der Waals surface area contributed by atoms with E-state index in [-0.39, 0.29) is 11.7 Å². The summed E-state index contributed by atoms with van der Waals surface area (Å²) >= 11 is 0. The molecule has 0 spiro atoms. The van der Waals surface area contributed by atoms with Gasteiger partial charge in [-0.15, -0.1) is 0 Å². The zero-order valence-electron chi connectivity index (χ0n) is 19.5. The van der Waals surface area contributed by atoms with Crippen LogP contribution in [0.15, 0.2) is 30.3 Å². The number of benzene rings is 1. The van der Waals surface area contributed by atoms with Gasteiger partial charge in [-0.2, -0.15) is 0 Å². The molecule has 2 heteroatoms. The minimum atomic E-state index is -0.789. The highest BCUT2D eigenvalue weighted by Gasteiger charge is 2.41. The number of Topliss-reactive ketones (excluding diaryl/α,β-unsaturated/α-hetero) is 1. The van der Waals surface area contributed by atoms with Crippen LogP contribution in [0.25, 0.3) is 0 Å².